The van der Waals surface area contributed by atoms with Crippen LogP contribution in [0.25, 0.3) is 0 Å². The van der Waals surface area contributed by atoms with E-state index in [4.69, 9.17) is 9.84 Å². The van der Waals surface area contributed by atoms with Crippen LogP contribution in [0.3, 0.4) is 0 Å². The van der Waals surface area contributed by atoms with E-state index in [1.54, 1.807) is 9.80 Å². The number of aliphatic carboxylic acids is 1. The monoisotopic (exact) mass is 228 g/mol. The molecule has 2 fully saturated rings. The Labute approximate surface area is 93.8 Å². The number of ether oxygens (including phenoxy) is 1. The maximum absolute atomic E-state index is 11.9. The molecule has 2 aliphatic heterocycles. The largest absolute Gasteiger partial charge is 0.481 e. The average Bonchev–Trinajstić information content (AvgIpc) is 2.42. The number of carbonyl (C=O) groups is 2. The fourth-order valence-electron chi connectivity index (χ4n) is 1.93. The summed E-state index contributed by atoms with van der Waals surface area (Å²) in [7, 11) is 0. The molecule has 0 unspecified atom stereocenters. The summed E-state index contributed by atoms with van der Waals surface area (Å²) in [6.45, 7) is 3.25. The van der Waals surface area contributed by atoms with Crippen molar-refractivity contribution in [3.8, 4) is 0 Å². The number of urea groups is 1. The number of nitrogens with zero attached hydrogens (tertiary/aromatic N) is 2. The molecular weight excluding hydrogens is 212 g/mol. The molecule has 0 radical (unpaired) electrons. The SMILES string of the molecule is O=C(O)C1CN(C(=O)N2CCCOCC2)C1. The topological polar surface area (TPSA) is 70.1 Å². The predicted molar refractivity (Wildman–Crippen MR) is 55.1 cm³/mol. The van der Waals surface area contributed by atoms with Crippen LogP contribution in [0.15, 0.2) is 0 Å². The molecule has 2 rings (SSSR count). The second-order valence-corrected chi connectivity index (χ2v) is 4.18. The molecule has 2 amide bonds. The Hall–Kier alpha value is -1.30. The number of hydrogen-bond donors (Lipinski definition) is 1. The smallest absolute Gasteiger partial charge is 0.320 e. The van der Waals surface area contributed by atoms with Gasteiger partial charge in [0.1, 0.15) is 0 Å². The lowest BCUT2D eigenvalue weighted by Gasteiger charge is -2.39. The molecule has 0 spiro atoms. The van der Waals surface area contributed by atoms with Gasteiger partial charge in [0.25, 0.3) is 0 Å². The highest BCUT2D eigenvalue weighted by Crippen LogP contribution is 2.18. The number of amides is 2. The summed E-state index contributed by atoms with van der Waals surface area (Å²) in [5.41, 5.74) is 0. The normalized spacial score (nSPS) is 22.5. The fraction of sp³-hybridized carbons (Fsp3) is 0.800. The molecule has 0 aliphatic carbocycles. The van der Waals surface area contributed by atoms with Gasteiger partial charge in [0, 0.05) is 32.8 Å². The molecule has 0 bridgehead atoms. The van der Waals surface area contributed by atoms with Crippen molar-refractivity contribution in [1.29, 1.82) is 0 Å². The van der Waals surface area contributed by atoms with Crippen LogP contribution in [-0.2, 0) is 9.53 Å². The highest BCUT2D eigenvalue weighted by Gasteiger charge is 2.37. The van der Waals surface area contributed by atoms with Crippen molar-refractivity contribution in [3.63, 3.8) is 0 Å². The molecule has 0 saturated carbocycles. The van der Waals surface area contributed by atoms with Gasteiger partial charge in [0.2, 0.25) is 0 Å². The number of carboxylic acids is 1. The summed E-state index contributed by atoms with van der Waals surface area (Å²) >= 11 is 0. The van der Waals surface area contributed by atoms with Gasteiger partial charge in [-0.05, 0) is 6.42 Å². The van der Waals surface area contributed by atoms with E-state index in [2.05, 4.69) is 0 Å². The molecule has 90 valence electrons. The second kappa shape index (κ2) is 4.69. The lowest BCUT2D eigenvalue weighted by molar-refractivity contribution is -0.146. The Balaban J connectivity index is 1.81. The first-order valence-corrected chi connectivity index (χ1v) is 5.53. The van der Waals surface area contributed by atoms with Gasteiger partial charge in [0.15, 0.2) is 0 Å². The maximum Gasteiger partial charge on any atom is 0.320 e. The van der Waals surface area contributed by atoms with Gasteiger partial charge in [-0.1, -0.05) is 0 Å². The standard InChI is InChI=1S/C10H16N2O4/c13-9(14)8-6-12(7-8)10(15)11-2-1-4-16-5-3-11/h8H,1-7H2,(H,13,14). The highest BCUT2D eigenvalue weighted by molar-refractivity contribution is 5.79. The van der Waals surface area contributed by atoms with E-state index in [-0.39, 0.29) is 11.9 Å². The van der Waals surface area contributed by atoms with E-state index in [1.807, 2.05) is 0 Å². The number of carboxylic acid groups (broad SMARTS) is 1. The minimum Gasteiger partial charge on any atom is -0.481 e. The van der Waals surface area contributed by atoms with Crippen LogP contribution in [0.4, 0.5) is 4.79 Å². The van der Waals surface area contributed by atoms with Gasteiger partial charge < -0.3 is 19.6 Å². The minimum absolute atomic E-state index is 0.0528. The number of likely N-dealkylation sites (tertiary alicyclic amines) is 1. The third-order valence-corrected chi connectivity index (χ3v) is 2.99. The van der Waals surface area contributed by atoms with Crippen LogP contribution in [0.5, 0.6) is 0 Å². The molecule has 6 nitrogen and oxygen atoms in total. The quantitative estimate of drug-likeness (QED) is 0.677. The van der Waals surface area contributed by atoms with E-state index in [1.165, 1.54) is 0 Å². The summed E-state index contributed by atoms with van der Waals surface area (Å²) in [6.07, 6.45) is 0.849. The fourth-order valence-corrected chi connectivity index (χ4v) is 1.93. The van der Waals surface area contributed by atoms with Crippen molar-refractivity contribution in [2.45, 2.75) is 6.42 Å². The third-order valence-electron chi connectivity index (χ3n) is 2.99. The van der Waals surface area contributed by atoms with Gasteiger partial charge in [-0.25, -0.2) is 4.79 Å². The lowest BCUT2D eigenvalue weighted by atomic mass is 10.0. The van der Waals surface area contributed by atoms with Crippen LogP contribution < -0.4 is 0 Å². The molecule has 2 aliphatic rings. The zero-order chi connectivity index (χ0) is 11.5. The van der Waals surface area contributed by atoms with Crippen LogP contribution in [0.1, 0.15) is 6.42 Å². The predicted octanol–water partition coefficient (Wildman–Crippen LogP) is -0.155. The number of carbonyl (C=O) groups excluding carboxylic acids is 1. The van der Waals surface area contributed by atoms with Gasteiger partial charge in [-0.15, -0.1) is 0 Å². The van der Waals surface area contributed by atoms with Crippen molar-refractivity contribution in [2.75, 3.05) is 39.4 Å². The minimum atomic E-state index is -0.816. The molecule has 0 aromatic rings. The summed E-state index contributed by atoms with van der Waals surface area (Å²) in [4.78, 5) is 25.8. The molecule has 1 N–H and O–H groups in total. The van der Waals surface area contributed by atoms with E-state index < -0.39 is 5.97 Å². The first-order chi connectivity index (χ1) is 7.68. The molecule has 2 heterocycles. The Morgan fingerprint density at radius 3 is 2.56 bits per heavy atom. The maximum atomic E-state index is 11.9. The van der Waals surface area contributed by atoms with E-state index in [0.717, 1.165) is 6.42 Å². The van der Waals surface area contributed by atoms with Gasteiger partial charge >= 0.3 is 12.0 Å². The van der Waals surface area contributed by atoms with Crippen LogP contribution in [0.2, 0.25) is 0 Å². The highest BCUT2D eigenvalue weighted by atomic mass is 16.5. The first-order valence-electron chi connectivity index (χ1n) is 5.53. The zero-order valence-electron chi connectivity index (χ0n) is 9.09. The van der Waals surface area contributed by atoms with E-state index >= 15 is 0 Å². The molecule has 0 aromatic carbocycles. The molecular formula is C10H16N2O4. The molecule has 6 heteroatoms. The number of rotatable bonds is 1. The second-order valence-electron chi connectivity index (χ2n) is 4.18. The summed E-state index contributed by atoms with van der Waals surface area (Å²) in [5.74, 6) is -1.20. The van der Waals surface area contributed by atoms with Gasteiger partial charge in [0.05, 0.1) is 12.5 Å². The van der Waals surface area contributed by atoms with Crippen molar-refractivity contribution >= 4 is 12.0 Å². The van der Waals surface area contributed by atoms with E-state index in [0.29, 0.717) is 39.4 Å². The van der Waals surface area contributed by atoms with Gasteiger partial charge in [-0.2, -0.15) is 0 Å². The first kappa shape index (κ1) is 11.2. The average molecular weight is 228 g/mol. The Bertz CT molecular complexity index is 281. The third kappa shape index (κ3) is 2.27. The Morgan fingerprint density at radius 1 is 1.12 bits per heavy atom. The number of hydrogen-bond acceptors (Lipinski definition) is 3. The van der Waals surface area contributed by atoms with Crippen LogP contribution >= 0.6 is 0 Å². The van der Waals surface area contributed by atoms with Crippen molar-refractivity contribution in [2.24, 2.45) is 5.92 Å². The summed E-state index contributed by atoms with van der Waals surface area (Å²) in [5, 5.41) is 8.72. The zero-order valence-corrected chi connectivity index (χ0v) is 9.09. The van der Waals surface area contributed by atoms with Crippen molar-refractivity contribution in [3.05, 3.63) is 0 Å². The van der Waals surface area contributed by atoms with Crippen molar-refractivity contribution in [1.82, 2.24) is 9.80 Å². The van der Waals surface area contributed by atoms with Crippen LogP contribution in [-0.4, -0.2) is 66.3 Å². The van der Waals surface area contributed by atoms with Crippen LogP contribution in [0, 0.1) is 5.92 Å². The molecule has 0 aromatic heterocycles. The molecule has 0 atom stereocenters. The van der Waals surface area contributed by atoms with E-state index in [9.17, 15) is 9.59 Å². The lowest BCUT2D eigenvalue weighted by Crippen LogP contribution is -2.57. The van der Waals surface area contributed by atoms with Gasteiger partial charge in [-0.3, -0.25) is 4.79 Å². The Kier molecular flexibility index (Phi) is 3.28. The molecule has 2 saturated heterocycles. The summed E-state index contributed by atoms with van der Waals surface area (Å²) in [6, 6.07) is -0.0528. The molecule has 16 heavy (non-hydrogen) atoms. The summed E-state index contributed by atoms with van der Waals surface area (Å²) < 4.78 is 5.26. The van der Waals surface area contributed by atoms with Crippen molar-refractivity contribution < 1.29 is 19.4 Å². The Morgan fingerprint density at radius 2 is 1.88 bits per heavy atom.